The summed E-state index contributed by atoms with van der Waals surface area (Å²) in [5.41, 5.74) is 5.45. The van der Waals surface area contributed by atoms with Crippen molar-refractivity contribution in [1.29, 1.82) is 0 Å². The summed E-state index contributed by atoms with van der Waals surface area (Å²) in [4.78, 5) is 8.13. The van der Waals surface area contributed by atoms with Gasteiger partial charge in [0.1, 0.15) is 0 Å². The lowest BCUT2D eigenvalue weighted by atomic mass is 9.78. The van der Waals surface area contributed by atoms with Gasteiger partial charge in [0.2, 0.25) is 5.95 Å². The maximum absolute atomic E-state index is 10.5. The molecule has 1 aliphatic rings. The Morgan fingerprint density at radius 1 is 1.39 bits per heavy atom. The molecule has 0 atom stereocenters. The van der Waals surface area contributed by atoms with Crippen LogP contribution in [0.15, 0.2) is 12.4 Å². The minimum Gasteiger partial charge on any atom is -0.396 e. The summed E-state index contributed by atoms with van der Waals surface area (Å²) >= 11 is 0. The first kappa shape index (κ1) is 13.1. The highest BCUT2D eigenvalue weighted by Crippen LogP contribution is 2.33. The number of aliphatic hydroxyl groups is 1. The molecule has 0 spiro atoms. The molecule has 0 unspecified atom stereocenters. The Hall–Kier alpha value is -1.36. The van der Waals surface area contributed by atoms with Crippen molar-refractivity contribution in [1.82, 2.24) is 9.97 Å². The Morgan fingerprint density at radius 3 is 2.56 bits per heavy atom. The van der Waals surface area contributed by atoms with Gasteiger partial charge in [-0.1, -0.05) is 13.3 Å². The zero-order valence-electron chi connectivity index (χ0n) is 10.9. The third-order valence-corrected chi connectivity index (χ3v) is 3.86. The quantitative estimate of drug-likeness (QED) is 0.759. The van der Waals surface area contributed by atoms with E-state index in [1.54, 1.807) is 12.4 Å². The van der Waals surface area contributed by atoms with Gasteiger partial charge in [-0.05, 0) is 31.6 Å². The molecule has 1 fully saturated rings. The highest BCUT2D eigenvalue weighted by atomic mass is 16.3. The molecule has 0 bridgehead atoms. The third kappa shape index (κ3) is 3.32. The van der Waals surface area contributed by atoms with Crippen LogP contribution in [0.1, 0.15) is 39.0 Å². The van der Waals surface area contributed by atoms with Crippen LogP contribution in [-0.4, -0.2) is 27.2 Å². The van der Waals surface area contributed by atoms with Crippen LogP contribution in [0.3, 0.4) is 0 Å². The van der Waals surface area contributed by atoms with Crippen molar-refractivity contribution in [3.8, 4) is 0 Å². The first-order valence-corrected chi connectivity index (χ1v) is 6.65. The lowest BCUT2D eigenvalue weighted by molar-refractivity contribution is 0.00216. The number of nitrogens with zero attached hydrogens (tertiary/aromatic N) is 2. The first-order chi connectivity index (χ1) is 8.61. The van der Waals surface area contributed by atoms with Crippen molar-refractivity contribution >= 4 is 11.6 Å². The van der Waals surface area contributed by atoms with Crippen molar-refractivity contribution in [2.75, 3.05) is 17.6 Å². The predicted octanol–water partition coefficient (Wildman–Crippen LogP) is 1.80. The predicted molar refractivity (Wildman–Crippen MR) is 72.1 cm³/mol. The van der Waals surface area contributed by atoms with E-state index in [0.717, 1.165) is 31.6 Å². The van der Waals surface area contributed by atoms with E-state index in [-0.39, 0.29) is 0 Å². The van der Waals surface area contributed by atoms with Gasteiger partial charge in [0, 0.05) is 6.54 Å². The van der Waals surface area contributed by atoms with E-state index in [0.29, 0.717) is 18.2 Å². The topological polar surface area (TPSA) is 84.1 Å². The second-order valence-corrected chi connectivity index (χ2v) is 5.27. The molecule has 2 rings (SSSR count). The fraction of sp³-hybridized carbons (Fsp3) is 0.692. The van der Waals surface area contributed by atoms with E-state index in [2.05, 4.69) is 22.2 Å². The zero-order chi connectivity index (χ0) is 13.0. The van der Waals surface area contributed by atoms with Crippen LogP contribution in [0, 0.1) is 5.92 Å². The summed E-state index contributed by atoms with van der Waals surface area (Å²) in [6, 6.07) is 0. The standard InChI is InChI=1S/C13H22N4O/c1-2-10-3-5-13(18,6-4-10)9-17-12-15-7-11(14)8-16-12/h7-8,10,18H,2-6,9,14H2,1H3,(H,15,16,17). The van der Waals surface area contributed by atoms with Gasteiger partial charge in [-0.25, -0.2) is 9.97 Å². The molecular formula is C13H22N4O. The van der Waals surface area contributed by atoms with Gasteiger partial charge < -0.3 is 16.2 Å². The van der Waals surface area contributed by atoms with Crippen molar-refractivity contribution in [2.24, 2.45) is 5.92 Å². The lowest BCUT2D eigenvalue weighted by Crippen LogP contribution is -2.40. The molecule has 1 saturated carbocycles. The highest BCUT2D eigenvalue weighted by Gasteiger charge is 2.32. The first-order valence-electron chi connectivity index (χ1n) is 6.65. The van der Waals surface area contributed by atoms with E-state index in [4.69, 9.17) is 5.73 Å². The van der Waals surface area contributed by atoms with Crippen LogP contribution < -0.4 is 11.1 Å². The zero-order valence-corrected chi connectivity index (χ0v) is 10.9. The maximum Gasteiger partial charge on any atom is 0.222 e. The Morgan fingerprint density at radius 2 is 2.00 bits per heavy atom. The van der Waals surface area contributed by atoms with Crippen LogP contribution in [0.2, 0.25) is 0 Å². The van der Waals surface area contributed by atoms with E-state index < -0.39 is 5.60 Å². The summed E-state index contributed by atoms with van der Waals surface area (Å²) in [5, 5.41) is 13.5. The molecular weight excluding hydrogens is 228 g/mol. The Balaban J connectivity index is 1.84. The number of hydrogen-bond donors (Lipinski definition) is 3. The fourth-order valence-electron chi connectivity index (χ4n) is 2.47. The number of nitrogens with one attached hydrogen (secondary N) is 1. The average Bonchev–Trinajstić information content (AvgIpc) is 2.39. The van der Waals surface area contributed by atoms with E-state index in [1.807, 2.05) is 0 Å². The molecule has 5 nitrogen and oxygen atoms in total. The van der Waals surface area contributed by atoms with Gasteiger partial charge in [0.25, 0.3) is 0 Å². The monoisotopic (exact) mass is 250 g/mol. The highest BCUT2D eigenvalue weighted by molar-refractivity contribution is 5.36. The van der Waals surface area contributed by atoms with Crippen molar-refractivity contribution < 1.29 is 5.11 Å². The van der Waals surface area contributed by atoms with Gasteiger partial charge in [-0.2, -0.15) is 0 Å². The summed E-state index contributed by atoms with van der Waals surface area (Å²) in [5.74, 6) is 1.30. The van der Waals surface area contributed by atoms with Gasteiger partial charge in [0.05, 0.1) is 23.7 Å². The molecule has 1 aromatic rings. The van der Waals surface area contributed by atoms with Crippen molar-refractivity contribution in [3.05, 3.63) is 12.4 Å². The lowest BCUT2D eigenvalue weighted by Gasteiger charge is -2.35. The van der Waals surface area contributed by atoms with Gasteiger partial charge >= 0.3 is 0 Å². The van der Waals surface area contributed by atoms with Crippen LogP contribution in [0.4, 0.5) is 11.6 Å². The van der Waals surface area contributed by atoms with E-state index in [9.17, 15) is 5.11 Å². The molecule has 5 heteroatoms. The largest absolute Gasteiger partial charge is 0.396 e. The second-order valence-electron chi connectivity index (χ2n) is 5.27. The van der Waals surface area contributed by atoms with E-state index in [1.165, 1.54) is 6.42 Å². The van der Waals surface area contributed by atoms with Crippen LogP contribution in [-0.2, 0) is 0 Å². The molecule has 0 aliphatic heterocycles. The summed E-state index contributed by atoms with van der Waals surface area (Å²) in [6.07, 6.45) is 8.26. The normalized spacial score (nSPS) is 28.0. The SMILES string of the molecule is CCC1CCC(O)(CNc2ncc(N)cn2)CC1. The number of hydrogen-bond acceptors (Lipinski definition) is 5. The molecule has 1 aliphatic carbocycles. The van der Waals surface area contributed by atoms with Crippen molar-refractivity contribution in [2.45, 2.75) is 44.6 Å². The Bertz CT molecular complexity index is 371. The third-order valence-electron chi connectivity index (χ3n) is 3.86. The Kier molecular flexibility index (Phi) is 4.01. The molecule has 4 N–H and O–H groups in total. The number of anilines is 2. The summed E-state index contributed by atoms with van der Waals surface area (Å²) in [6.45, 7) is 2.73. The average molecular weight is 250 g/mol. The fourth-order valence-corrected chi connectivity index (χ4v) is 2.47. The van der Waals surface area contributed by atoms with Crippen LogP contribution in [0.25, 0.3) is 0 Å². The minimum atomic E-state index is -0.615. The van der Waals surface area contributed by atoms with Gasteiger partial charge in [-0.15, -0.1) is 0 Å². The number of rotatable bonds is 4. The molecule has 0 aromatic carbocycles. The smallest absolute Gasteiger partial charge is 0.222 e. The molecule has 0 radical (unpaired) electrons. The van der Waals surface area contributed by atoms with Crippen LogP contribution in [0.5, 0.6) is 0 Å². The molecule has 1 heterocycles. The molecule has 0 amide bonds. The summed E-state index contributed by atoms with van der Waals surface area (Å²) < 4.78 is 0. The molecule has 1 aromatic heterocycles. The van der Waals surface area contributed by atoms with Crippen molar-refractivity contribution in [3.63, 3.8) is 0 Å². The van der Waals surface area contributed by atoms with Gasteiger partial charge in [0.15, 0.2) is 0 Å². The number of aromatic nitrogens is 2. The number of nitrogen functional groups attached to an aromatic ring is 1. The summed E-state index contributed by atoms with van der Waals surface area (Å²) in [7, 11) is 0. The Labute approximate surface area is 108 Å². The van der Waals surface area contributed by atoms with Crippen LogP contribution >= 0.6 is 0 Å². The maximum atomic E-state index is 10.5. The molecule has 18 heavy (non-hydrogen) atoms. The molecule has 100 valence electrons. The minimum absolute atomic E-state index is 0.507. The van der Waals surface area contributed by atoms with Gasteiger partial charge in [-0.3, -0.25) is 0 Å². The molecule has 0 saturated heterocycles. The van der Waals surface area contributed by atoms with E-state index >= 15 is 0 Å². The number of nitrogens with two attached hydrogens (primary N) is 1. The second kappa shape index (κ2) is 5.52.